The lowest BCUT2D eigenvalue weighted by Gasteiger charge is -2.17. The Hall–Kier alpha value is -1.68. The summed E-state index contributed by atoms with van der Waals surface area (Å²) in [4.78, 5) is 26.3. The number of nitrogens with zero attached hydrogens (tertiary/aromatic N) is 1. The van der Waals surface area contributed by atoms with Crippen LogP contribution >= 0.6 is 0 Å². The minimum absolute atomic E-state index is 0.0177. The molecule has 0 saturated carbocycles. The molecule has 2 amide bonds. The molecular weight excluding hydrogens is 228 g/mol. The van der Waals surface area contributed by atoms with Gasteiger partial charge in [-0.15, -0.1) is 0 Å². The van der Waals surface area contributed by atoms with Crippen LogP contribution in [0.15, 0.2) is 30.3 Å². The molecule has 92 valence electrons. The van der Waals surface area contributed by atoms with Crippen LogP contribution in [0.4, 0.5) is 5.69 Å². The van der Waals surface area contributed by atoms with E-state index in [1.54, 1.807) is 0 Å². The Labute approximate surface area is 105 Å². The van der Waals surface area contributed by atoms with Crippen molar-refractivity contribution in [1.82, 2.24) is 5.32 Å². The Kier molecular flexibility index (Phi) is 1.95. The summed E-state index contributed by atoms with van der Waals surface area (Å²) in [6.45, 7) is 0. The molecule has 3 fully saturated rings. The first-order valence-corrected chi connectivity index (χ1v) is 6.46. The molecule has 4 heteroatoms. The number of rotatable bonds is 1. The first kappa shape index (κ1) is 10.3. The van der Waals surface area contributed by atoms with Gasteiger partial charge in [0.2, 0.25) is 11.8 Å². The van der Waals surface area contributed by atoms with Crippen LogP contribution in [-0.4, -0.2) is 23.9 Å². The van der Waals surface area contributed by atoms with Crippen LogP contribution in [0.3, 0.4) is 0 Å². The fourth-order valence-corrected chi connectivity index (χ4v) is 3.76. The third-order valence-electron chi connectivity index (χ3n) is 4.50. The van der Waals surface area contributed by atoms with E-state index >= 15 is 0 Å². The average molecular weight is 242 g/mol. The maximum atomic E-state index is 12.5. The van der Waals surface area contributed by atoms with Crippen LogP contribution in [0.2, 0.25) is 0 Å². The number of imide groups is 1. The Bertz CT molecular complexity index is 500. The molecule has 4 nitrogen and oxygen atoms in total. The Balaban J connectivity index is 1.76. The van der Waals surface area contributed by atoms with Crippen LogP contribution < -0.4 is 10.2 Å². The number of anilines is 1. The van der Waals surface area contributed by atoms with Crippen LogP contribution in [0.1, 0.15) is 12.8 Å². The third-order valence-corrected chi connectivity index (χ3v) is 4.50. The minimum Gasteiger partial charge on any atom is -0.310 e. The number of fused-ring (bicyclic) bond motifs is 5. The van der Waals surface area contributed by atoms with E-state index in [1.807, 2.05) is 30.3 Å². The number of amides is 2. The first-order chi connectivity index (χ1) is 8.77. The Morgan fingerprint density at radius 1 is 0.944 bits per heavy atom. The molecule has 1 N–H and O–H groups in total. The molecule has 4 unspecified atom stereocenters. The highest BCUT2D eigenvalue weighted by atomic mass is 16.2. The summed E-state index contributed by atoms with van der Waals surface area (Å²) in [5.74, 6) is -0.292. The van der Waals surface area contributed by atoms with Gasteiger partial charge >= 0.3 is 0 Å². The lowest BCUT2D eigenvalue weighted by molar-refractivity contribution is -0.122. The van der Waals surface area contributed by atoms with Gasteiger partial charge in [0.1, 0.15) is 0 Å². The van der Waals surface area contributed by atoms with Crippen molar-refractivity contribution in [3.63, 3.8) is 0 Å². The van der Waals surface area contributed by atoms with E-state index in [2.05, 4.69) is 5.32 Å². The number of hydrogen-bond acceptors (Lipinski definition) is 3. The van der Waals surface area contributed by atoms with Gasteiger partial charge < -0.3 is 5.32 Å². The number of hydrogen-bond donors (Lipinski definition) is 1. The van der Waals surface area contributed by atoms with Crippen molar-refractivity contribution in [3.8, 4) is 0 Å². The Morgan fingerprint density at radius 2 is 1.50 bits per heavy atom. The van der Waals surface area contributed by atoms with Gasteiger partial charge in [-0.05, 0) is 25.0 Å². The van der Waals surface area contributed by atoms with Gasteiger partial charge in [0.15, 0.2) is 0 Å². The van der Waals surface area contributed by atoms with Crippen molar-refractivity contribution < 1.29 is 9.59 Å². The third kappa shape index (κ3) is 1.13. The van der Waals surface area contributed by atoms with Crippen molar-refractivity contribution >= 4 is 17.5 Å². The number of carbonyl (C=O) groups is 2. The number of para-hydroxylation sites is 1. The van der Waals surface area contributed by atoms with E-state index in [0.29, 0.717) is 5.69 Å². The molecule has 3 saturated heterocycles. The standard InChI is InChI=1S/C14H14N2O2/c17-13-11-9-6-7-10(15-9)12(11)14(18)16(13)8-4-2-1-3-5-8/h1-5,9-12,15H,6-7H2. The van der Waals surface area contributed by atoms with Crippen molar-refractivity contribution in [3.05, 3.63) is 30.3 Å². The Morgan fingerprint density at radius 3 is 2.06 bits per heavy atom. The summed E-state index contributed by atoms with van der Waals surface area (Å²) in [6.07, 6.45) is 2.04. The van der Waals surface area contributed by atoms with E-state index in [4.69, 9.17) is 0 Å². The summed E-state index contributed by atoms with van der Waals surface area (Å²) < 4.78 is 0. The number of nitrogens with one attached hydrogen (secondary N) is 1. The SMILES string of the molecule is O=C1C2C3CCC(N3)C2C(=O)N1c1ccccc1. The number of carbonyl (C=O) groups excluding carboxylic acids is 2. The van der Waals surface area contributed by atoms with Gasteiger partial charge in [-0.1, -0.05) is 18.2 Å². The maximum Gasteiger partial charge on any atom is 0.239 e. The molecule has 2 bridgehead atoms. The second-order valence-corrected chi connectivity index (χ2v) is 5.36. The van der Waals surface area contributed by atoms with Crippen molar-refractivity contribution in [2.75, 3.05) is 4.90 Å². The van der Waals surface area contributed by atoms with Gasteiger partial charge in [-0.25, -0.2) is 4.90 Å². The fraction of sp³-hybridized carbons (Fsp3) is 0.429. The predicted octanol–water partition coefficient (Wildman–Crippen LogP) is 0.926. The molecule has 1 aromatic carbocycles. The largest absolute Gasteiger partial charge is 0.310 e. The molecule has 1 aromatic rings. The van der Waals surface area contributed by atoms with Crippen LogP contribution in [0.25, 0.3) is 0 Å². The van der Waals surface area contributed by atoms with Gasteiger partial charge in [0, 0.05) is 12.1 Å². The zero-order valence-corrected chi connectivity index (χ0v) is 9.87. The van der Waals surface area contributed by atoms with Crippen molar-refractivity contribution in [1.29, 1.82) is 0 Å². The molecule has 3 aliphatic heterocycles. The highest BCUT2D eigenvalue weighted by molar-refractivity contribution is 6.22. The molecule has 3 heterocycles. The fourth-order valence-electron chi connectivity index (χ4n) is 3.76. The maximum absolute atomic E-state index is 12.5. The van der Waals surface area contributed by atoms with Crippen LogP contribution in [0, 0.1) is 11.8 Å². The van der Waals surface area contributed by atoms with E-state index in [-0.39, 0.29) is 35.7 Å². The van der Waals surface area contributed by atoms with E-state index in [0.717, 1.165) is 12.8 Å². The van der Waals surface area contributed by atoms with Gasteiger partial charge in [-0.3, -0.25) is 9.59 Å². The second kappa shape index (κ2) is 3.42. The summed E-state index contributed by atoms with van der Waals surface area (Å²) in [6, 6.07) is 9.68. The number of benzene rings is 1. The van der Waals surface area contributed by atoms with Gasteiger partial charge in [0.25, 0.3) is 0 Å². The molecule has 0 radical (unpaired) electrons. The first-order valence-electron chi connectivity index (χ1n) is 6.46. The van der Waals surface area contributed by atoms with Gasteiger partial charge in [0.05, 0.1) is 17.5 Å². The summed E-state index contributed by atoms with van der Waals surface area (Å²) in [5, 5.41) is 3.39. The quantitative estimate of drug-likeness (QED) is 0.745. The molecule has 4 rings (SSSR count). The zero-order valence-electron chi connectivity index (χ0n) is 9.87. The molecular formula is C14H14N2O2. The monoisotopic (exact) mass is 242 g/mol. The predicted molar refractivity (Wildman–Crippen MR) is 65.9 cm³/mol. The lowest BCUT2D eigenvalue weighted by Crippen LogP contribution is -2.37. The summed E-state index contributed by atoms with van der Waals surface area (Å²) in [5.41, 5.74) is 0.710. The smallest absolute Gasteiger partial charge is 0.239 e. The van der Waals surface area contributed by atoms with E-state index in [1.165, 1.54) is 4.90 Å². The minimum atomic E-state index is -0.128. The normalized spacial score (nSPS) is 37.4. The van der Waals surface area contributed by atoms with Crippen LogP contribution in [0.5, 0.6) is 0 Å². The van der Waals surface area contributed by atoms with Crippen molar-refractivity contribution in [2.24, 2.45) is 11.8 Å². The van der Waals surface area contributed by atoms with Crippen molar-refractivity contribution in [2.45, 2.75) is 24.9 Å². The molecule has 4 atom stereocenters. The topological polar surface area (TPSA) is 49.4 Å². The lowest BCUT2D eigenvalue weighted by atomic mass is 9.81. The summed E-state index contributed by atoms with van der Waals surface area (Å²) >= 11 is 0. The second-order valence-electron chi connectivity index (χ2n) is 5.36. The average Bonchev–Trinajstić information content (AvgIpc) is 3.05. The molecule has 18 heavy (non-hydrogen) atoms. The zero-order chi connectivity index (χ0) is 12.3. The summed E-state index contributed by atoms with van der Waals surface area (Å²) in [7, 11) is 0. The van der Waals surface area contributed by atoms with E-state index in [9.17, 15) is 9.59 Å². The molecule has 0 aliphatic carbocycles. The van der Waals surface area contributed by atoms with E-state index < -0.39 is 0 Å². The molecule has 0 aromatic heterocycles. The van der Waals surface area contributed by atoms with Crippen LogP contribution in [-0.2, 0) is 9.59 Å². The highest BCUT2D eigenvalue weighted by Gasteiger charge is 2.61. The highest BCUT2D eigenvalue weighted by Crippen LogP contribution is 2.45. The molecule has 0 spiro atoms. The molecule has 3 aliphatic rings. The van der Waals surface area contributed by atoms with Gasteiger partial charge in [-0.2, -0.15) is 0 Å².